The molecule has 1 N–H and O–H groups in total. The number of imide groups is 1. The summed E-state index contributed by atoms with van der Waals surface area (Å²) in [4.78, 5) is 24.8. The van der Waals surface area contributed by atoms with Crippen LogP contribution in [0.25, 0.3) is 0 Å². The van der Waals surface area contributed by atoms with E-state index in [2.05, 4.69) is 6.58 Å². The van der Waals surface area contributed by atoms with Crippen molar-refractivity contribution >= 4 is 12.0 Å². The second kappa shape index (κ2) is 8.62. The number of carbonyl (C=O) groups excluding carboxylic acids is 2. The van der Waals surface area contributed by atoms with Gasteiger partial charge in [0.2, 0.25) is 5.91 Å². The van der Waals surface area contributed by atoms with Crippen molar-refractivity contribution in [3.8, 4) is 0 Å². The molecule has 0 saturated carbocycles. The molecule has 0 aromatic heterocycles. The second-order valence-corrected chi connectivity index (χ2v) is 6.38. The van der Waals surface area contributed by atoms with Crippen molar-refractivity contribution in [3.63, 3.8) is 0 Å². The number of aliphatic hydroxyl groups excluding tert-OH is 1. The van der Waals surface area contributed by atoms with Gasteiger partial charge in [0.25, 0.3) is 0 Å². The number of benzene rings is 1. The third kappa shape index (κ3) is 4.19. The Hall–Kier alpha value is -2.26. The molecule has 146 valence electrons. The van der Waals surface area contributed by atoms with Crippen molar-refractivity contribution in [2.75, 3.05) is 13.2 Å². The fraction of sp³-hybridized carbons (Fsp3) is 0.474. The van der Waals surface area contributed by atoms with E-state index in [0.717, 1.165) is 10.5 Å². The smallest absolute Gasteiger partial charge is 0.417 e. The number of hydrogen-bond donors (Lipinski definition) is 1. The SMILES string of the molecule is C=CCO[C@H]1O[C@H](COCc2ccccc2)[C@@H](O)[C@@H]2OC(=O)N(C(C)=O)[C@@H]12. The summed E-state index contributed by atoms with van der Waals surface area (Å²) < 4.78 is 22.3. The van der Waals surface area contributed by atoms with Crippen molar-refractivity contribution in [2.24, 2.45) is 0 Å². The Kier molecular flexibility index (Phi) is 6.22. The lowest BCUT2D eigenvalue weighted by molar-refractivity contribution is -0.266. The van der Waals surface area contributed by atoms with Crippen LogP contribution >= 0.6 is 0 Å². The number of amides is 2. The molecule has 2 aliphatic rings. The van der Waals surface area contributed by atoms with Crippen LogP contribution in [0.5, 0.6) is 0 Å². The van der Waals surface area contributed by atoms with Gasteiger partial charge in [-0.2, -0.15) is 0 Å². The van der Waals surface area contributed by atoms with Crippen LogP contribution in [0, 0.1) is 0 Å². The lowest BCUT2D eigenvalue weighted by Crippen LogP contribution is -2.61. The fourth-order valence-corrected chi connectivity index (χ4v) is 3.25. The largest absolute Gasteiger partial charge is 0.440 e. The average molecular weight is 377 g/mol. The Morgan fingerprint density at radius 1 is 1.37 bits per heavy atom. The number of ether oxygens (including phenoxy) is 4. The summed E-state index contributed by atoms with van der Waals surface area (Å²) in [5.41, 5.74) is 0.982. The van der Waals surface area contributed by atoms with Crippen molar-refractivity contribution < 1.29 is 33.6 Å². The summed E-state index contributed by atoms with van der Waals surface area (Å²) in [6.45, 7) is 5.40. The molecular formula is C19H23NO7. The zero-order valence-corrected chi connectivity index (χ0v) is 15.0. The topological polar surface area (TPSA) is 94.5 Å². The quantitative estimate of drug-likeness (QED) is 0.714. The predicted molar refractivity (Wildman–Crippen MR) is 93.5 cm³/mol. The van der Waals surface area contributed by atoms with E-state index in [1.807, 2.05) is 30.3 Å². The third-order valence-electron chi connectivity index (χ3n) is 4.48. The number of aliphatic hydroxyl groups is 1. The van der Waals surface area contributed by atoms with Gasteiger partial charge in [0.15, 0.2) is 12.4 Å². The number of carbonyl (C=O) groups is 2. The molecule has 2 amide bonds. The van der Waals surface area contributed by atoms with Crippen molar-refractivity contribution in [2.45, 2.75) is 44.2 Å². The zero-order valence-electron chi connectivity index (χ0n) is 15.0. The molecular weight excluding hydrogens is 354 g/mol. The molecule has 0 aliphatic carbocycles. The molecule has 0 radical (unpaired) electrons. The Morgan fingerprint density at radius 3 is 2.78 bits per heavy atom. The highest BCUT2D eigenvalue weighted by Gasteiger charge is 2.57. The fourth-order valence-electron chi connectivity index (χ4n) is 3.25. The number of rotatable bonds is 7. The molecule has 8 nitrogen and oxygen atoms in total. The molecule has 1 aromatic carbocycles. The van der Waals surface area contributed by atoms with Gasteiger partial charge in [-0.3, -0.25) is 4.79 Å². The minimum absolute atomic E-state index is 0.0743. The molecule has 27 heavy (non-hydrogen) atoms. The second-order valence-electron chi connectivity index (χ2n) is 6.38. The lowest BCUT2D eigenvalue weighted by Gasteiger charge is -2.41. The predicted octanol–water partition coefficient (Wildman–Crippen LogP) is 1.23. The Balaban J connectivity index is 1.69. The number of fused-ring (bicyclic) bond motifs is 1. The van der Waals surface area contributed by atoms with Crippen molar-refractivity contribution in [1.29, 1.82) is 0 Å². The molecule has 1 aromatic rings. The maximum Gasteiger partial charge on any atom is 0.417 e. The summed E-state index contributed by atoms with van der Waals surface area (Å²) >= 11 is 0. The Labute approximate surface area is 157 Å². The Bertz CT molecular complexity index is 680. The van der Waals surface area contributed by atoms with Crippen LogP contribution < -0.4 is 0 Å². The monoisotopic (exact) mass is 377 g/mol. The third-order valence-corrected chi connectivity index (χ3v) is 4.48. The number of nitrogens with zero attached hydrogens (tertiary/aromatic N) is 1. The molecule has 2 saturated heterocycles. The molecule has 3 rings (SSSR count). The van der Waals surface area contributed by atoms with Crippen LogP contribution in [0.1, 0.15) is 12.5 Å². The highest BCUT2D eigenvalue weighted by Crippen LogP contribution is 2.34. The van der Waals surface area contributed by atoms with Gasteiger partial charge in [0.05, 0.1) is 19.8 Å². The van der Waals surface area contributed by atoms with Crippen molar-refractivity contribution in [3.05, 3.63) is 48.6 Å². The van der Waals surface area contributed by atoms with Crippen LogP contribution in [0.4, 0.5) is 4.79 Å². The number of hydrogen-bond acceptors (Lipinski definition) is 7. The maximum absolute atomic E-state index is 12.1. The zero-order chi connectivity index (χ0) is 19.4. The molecule has 2 fully saturated rings. The first kappa shape index (κ1) is 19.5. The van der Waals surface area contributed by atoms with E-state index in [1.165, 1.54) is 13.0 Å². The normalized spacial score (nSPS) is 29.9. The highest BCUT2D eigenvalue weighted by atomic mass is 16.7. The summed E-state index contributed by atoms with van der Waals surface area (Å²) in [6, 6.07) is 8.71. The molecule has 2 heterocycles. The first-order chi connectivity index (χ1) is 13.0. The van der Waals surface area contributed by atoms with Gasteiger partial charge >= 0.3 is 6.09 Å². The van der Waals surface area contributed by atoms with Gasteiger partial charge in [0, 0.05) is 6.92 Å². The van der Waals surface area contributed by atoms with E-state index < -0.39 is 42.6 Å². The van der Waals surface area contributed by atoms with E-state index in [1.54, 1.807) is 0 Å². The van der Waals surface area contributed by atoms with E-state index in [0.29, 0.717) is 6.61 Å². The van der Waals surface area contributed by atoms with Crippen LogP contribution in [-0.4, -0.2) is 65.9 Å². The summed E-state index contributed by atoms with van der Waals surface area (Å²) in [7, 11) is 0. The minimum Gasteiger partial charge on any atom is -0.440 e. The van der Waals surface area contributed by atoms with E-state index in [-0.39, 0.29) is 13.2 Å². The molecule has 0 spiro atoms. The van der Waals surface area contributed by atoms with Crippen molar-refractivity contribution in [1.82, 2.24) is 4.90 Å². The molecule has 0 bridgehead atoms. The van der Waals surface area contributed by atoms with Gasteiger partial charge in [-0.15, -0.1) is 6.58 Å². The van der Waals surface area contributed by atoms with Gasteiger partial charge in [0.1, 0.15) is 18.2 Å². The molecule has 5 atom stereocenters. The van der Waals surface area contributed by atoms with Crippen LogP contribution in [-0.2, 0) is 30.3 Å². The first-order valence-corrected chi connectivity index (χ1v) is 8.71. The van der Waals surface area contributed by atoms with E-state index in [9.17, 15) is 14.7 Å². The van der Waals surface area contributed by atoms with E-state index in [4.69, 9.17) is 18.9 Å². The van der Waals surface area contributed by atoms with E-state index >= 15 is 0 Å². The average Bonchev–Trinajstić information content (AvgIpc) is 3.01. The van der Waals surface area contributed by atoms with Gasteiger partial charge in [-0.05, 0) is 5.56 Å². The summed E-state index contributed by atoms with van der Waals surface area (Å²) in [6.07, 6.45) is -3.11. The first-order valence-electron chi connectivity index (χ1n) is 8.71. The van der Waals surface area contributed by atoms with Gasteiger partial charge in [-0.1, -0.05) is 36.4 Å². The van der Waals surface area contributed by atoms with Crippen LogP contribution in [0.3, 0.4) is 0 Å². The lowest BCUT2D eigenvalue weighted by atomic mass is 9.96. The van der Waals surface area contributed by atoms with Crippen LogP contribution in [0.2, 0.25) is 0 Å². The maximum atomic E-state index is 12.1. The van der Waals surface area contributed by atoms with Gasteiger partial charge < -0.3 is 24.1 Å². The standard InChI is InChI=1S/C19H23NO7/c1-3-9-25-18-15-17(27-19(23)20(15)12(2)21)16(22)14(26-18)11-24-10-13-7-5-4-6-8-13/h3-8,14-18,22H,1,9-11H2,2H3/t14-,15-,16-,17-,18+/m1/s1. The van der Waals surface area contributed by atoms with Gasteiger partial charge in [-0.25, -0.2) is 9.69 Å². The molecule has 0 unspecified atom stereocenters. The summed E-state index contributed by atoms with van der Waals surface area (Å²) in [5, 5.41) is 10.6. The molecule has 2 aliphatic heterocycles. The minimum atomic E-state index is -1.15. The highest BCUT2D eigenvalue weighted by molar-refractivity contribution is 5.92. The van der Waals surface area contributed by atoms with Crippen LogP contribution in [0.15, 0.2) is 43.0 Å². The summed E-state index contributed by atoms with van der Waals surface area (Å²) in [5.74, 6) is -0.505. The Morgan fingerprint density at radius 2 is 2.11 bits per heavy atom. The molecule has 8 heteroatoms.